The lowest BCUT2D eigenvalue weighted by Crippen LogP contribution is -2.05. The number of furan rings is 1. The molecule has 1 aromatic heterocycles. The van der Waals surface area contributed by atoms with Gasteiger partial charge in [-0.1, -0.05) is 11.6 Å². The smallest absolute Gasteiger partial charge is 0.371 e. The van der Waals surface area contributed by atoms with Gasteiger partial charge >= 0.3 is 5.97 Å². The van der Waals surface area contributed by atoms with E-state index in [1.165, 1.54) is 6.07 Å². The number of hydrogen-bond acceptors (Lipinski definition) is 3. The molecule has 0 bridgehead atoms. The summed E-state index contributed by atoms with van der Waals surface area (Å²) >= 11 is 6.02. The van der Waals surface area contributed by atoms with Gasteiger partial charge in [-0.15, -0.1) is 0 Å². The molecule has 0 aliphatic heterocycles. The summed E-state index contributed by atoms with van der Waals surface area (Å²) in [6, 6.07) is 4.66. The van der Waals surface area contributed by atoms with Crippen LogP contribution in [-0.2, 0) is 0 Å². The van der Waals surface area contributed by atoms with Gasteiger partial charge in [-0.3, -0.25) is 0 Å². The van der Waals surface area contributed by atoms with Crippen molar-refractivity contribution in [1.29, 1.82) is 0 Å². The van der Waals surface area contributed by atoms with Crippen LogP contribution in [0.3, 0.4) is 0 Å². The zero-order valence-electron chi connectivity index (χ0n) is 9.36. The van der Waals surface area contributed by atoms with Crippen molar-refractivity contribution in [3.63, 3.8) is 0 Å². The van der Waals surface area contributed by atoms with Crippen LogP contribution in [0, 0.1) is 0 Å². The van der Waals surface area contributed by atoms with Gasteiger partial charge in [0.1, 0.15) is 11.3 Å². The summed E-state index contributed by atoms with van der Waals surface area (Å²) in [5, 5.41) is 9.89. The summed E-state index contributed by atoms with van der Waals surface area (Å²) in [5.74, 6) is -0.734. The van der Waals surface area contributed by atoms with Crippen molar-refractivity contribution in [3.8, 4) is 5.75 Å². The van der Waals surface area contributed by atoms with Crippen molar-refractivity contribution in [2.45, 2.75) is 20.0 Å². The summed E-state index contributed by atoms with van der Waals surface area (Å²) in [4.78, 5) is 10.8. The molecule has 1 aromatic carbocycles. The van der Waals surface area contributed by atoms with Crippen LogP contribution < -0.4 is 4.74 Å². The fraction of sp³-hybridized carbons (Fsp3) is 0.250. The van der Waals surface area contributed by atoms with Gasteiger partial charge in [0.05, 0.1) is 11.1 Å². The second-order valence-electron chi connectivity index (χ2n) is 3.90. The number of ether oxygens (including phenoxy) is 1. The fourth-order valence-electron chi connectivity index (χ4n) is 1.49. The van der Waals surface area contributed by atoms with Crippen LogP contribution in [0.4, 0.5) is 0 Å². The minimum absolute atomic E-state index is 0.0149. The number of hydrogen-bond donors (Lipinski definition) is 1. The first-order valence-corrected chi connectivity index (χ1v) is 5.48. The highest BCUT2D eigenvalue weighted by atomic mass is 35.5. The first-order chi connectivity index (χ1) is 7.97. The largest absolute Gasteiger partial charge is 0.489 e. The highest BCUT2D eigenvalue weighted by Gasteiger charge is 2.13. The maximum atomic E-state index is 10.8. The average Bonchev–Trinajstić information content (AvgIpc) is 2.60. The van der Waals surface area contributed by atoms with E-state index in [-0.39, 0.29) is 11.9 Å². The molecule has 0 aliphatic carbocycles. The normalized spacial score (nSPS) is 11.1. The fourth-order valence-corrected chi connectivity index (χ4v) is 1.71. The van der Waals surface area contributed by atoms with Gasteiger partial charge in [0.2, 0.25) is 5.76 Å². The molecule has 1 N–H and O–H groups in total. The molecule has 90 valence electrons. The Morgan fingerprint density at radius 3 is 2.71 bits per heavy atom. The number of carboxylic acids is 1. The monoisotopic (exact) mass is 254 g/mol. The summed E-state index contributed by atoms with van der Waals surface area (Å²) in [6.45, 7) is 3.76. The number of carboxylic acid groups (broad SMARTS) is 1. The highest BCUT2D eigenvalue weighted by Crippen LogP contribution is 2.32. The number of benzene rings is 1. The van der Waals surface area contributed by atoms with Gasteiger partial charge in [-0.25, -0.2) is 4.79 Å². The summed E-state index contributed by atoms with van der Waals surface area (Å²) in [6.07, 6.45) is -0.0149. The van der Waals surface area contributed by atoms with Crippen molar-refractivity contribution in [1.82, 2.24) is 0 Å². The van der Waals surface area contributed by atoms with Crippen LogP contribution in [0.1, 0.15) is 24.4 Å². The number of fused-ring (bicyclic) bond motifs is 1. The summed E-state index contributed by atoms with van der Waals surface area (Å²) in [5.41, 5.74) is 0.447. The standard InChI is InChI=1S/C12H11ClO4/c1-6(2)16-10-5-9-7(3-8(10)13)4-11(17-9)12(14)15/h3-6H,1-2H3,(H,14,15). The van der Waals surface area contributed by atoms with E-state index in [1.54, 1.807) is 12.1 Å². The molecule has 0 radical (unpaired) electrons. The maximum absolute atomic E-state index is 10.8. The van der Waals surface area contributed by atoms with Crippen molar-refractivity contribution in [2.24, 2.45) is 0 Å². The SMILES string of the molecule is CC(C)Oc1cc2oc(C(=O)O)cc2cc1Cl. The van der Waals surface area contributed by atoms with Gasteiger partial charge in [0.15, 0.2) is 0 Å². The number of aromatic carboxylic acids is 1. The quantitative estimate of drug-likeness (QED) is 0.910. The van der Waals surface area contributed by atoms with E-state index in [0.29, 0.717) is 21.7 Å². The Hall–Kier alpha value is -1.68. The first kappa shape index (κ1) is 11.8. The molecular formula is C12H11ClO4. The van der Waals surface area contributed by atoms with Crippen molar-refractivity contribution >= 4 is 28.5 Å². The van der Waals surface area contributed by atoms with E-state index >= 15 is 0 Å². The third-order valence-corrected chi connectivity index (χ3v) is 2.44. The number of rotatable bonds is 3. The van der Waals surface area contributed by atoms with Gasteiger partial charge in [0.25, 0.3) is 0 Å². The molecule has 0 unspecified atom stereocenters. The van der Waals surface area contributed by atoms with Crippen LogP contribution >= 0.6 is 11.6 Å². The Morgan fingerprint density at radius 1 is 1.41 bits per heavy atom. The molecule has 0 aliphatic rings. The Morgan fingerprint density at radius 2 is 2.12 bits per heavy atom. The topological polar surface area (TPSA) is 59.7 Å². The summed E-state index contributed by atoms with van der Waals surface area (Å²) < 4.78 is 10.7. The molecule has 2 rings (SSSR count). The minimum Gasteiger partial charge on any atom is -0.489 e. The van der Waals surface area contributed by atoms with E-state index in [0.717, 1.165) is 0 Å². The average molecular weight is 255 g/mol. The zero-order valence-corrected chi connectivity index (χ0v) is 10.1. The molecule has 0 spiro atoms. The molecule has 0 fully saturated rings. The van der Waals surface area contributed by atoms with Crippen LogP contribution in [0.5, 0.6) is 5.75 Å². The van der Waals surface area contributed by atoms with Crippen molar-refractivity contribution < 1.29 is 19.1 Å². The van der Waals surface area contributed by atoms with E-state index in [2.05, 4.69) is 0 Å². The molecule has 0 saturated heterocycles. The number of halogens is 1. The predicted octanol–water partition coefficient (Wildman–Crippen LogP) is 3.57. The van der Waals surface area contributed by atoms with Gasteiger partial charge < -0.3 is 14.3 Å². The Balaban J connectivity index is 2.51. The third kappa shape index (κ3) is 2.36. The van der Waals surface area contributed by atoms with E-state index < -0.39 is 5.97 Å². The summed E-state index contributed by atoms with van der Waals surface area (Å²) in [7, 11) is 0. The molecule has 1 heterocycles. The maximum Gasteiger partial charge on any atom is 0.371 e. The molecule has 4 nitrogen and oxygen atoms in total. The lowest BCUT2D eigenvalue weighted by Gasteiger charge is -2.10. The second-order valence-corrected chi connectivity index (χ2v) is 4.31. The van der Waals surface area contributed by atoms with E-state index in [1.807, 2.05) is 13.8 Å². The highest BCUT2D eigenvalue weighted by molar-refractivity contribution is 6.32. The van der Waals surface area contributed by atoms with Crippen LogP contribution in [-0.4, -0.2) is 17.2 Å². The first-order valence-electron chi connectivity index (χ1n) is 5.10. The van der Waals surface area contributed by atoms with Gasteiger partial charge in [-0.2, -0.15) is 0 Å². The Bertz CT molecular complexity index is 571. The molecule has 2 aromatic rings. The predicted molar refractivity (Wildman–Crippen MR) is 63.9 cm³/mol. The molecular weight excluding hydrogens is 244 g/mol. The zero-order chi connectivity index (χ0) is 12.6. The van der Waals surface area contributed by atoms with Gasteiger partial charge in [0, 0.05) is 11.5 Å². The third-order valence-electron chi connectivity index (χ3n) is 2.14. The molecule has 0 atom stereocenters. The second kappa shape index (κ2) is 4.30. The lowest BCUT2D eigenvalue weighted by molar-refractivity contribution is 0.0665. The van der Waals surface area contributed by atoms with Crippen molar-refractivity contribution in [2.75, 3.05) is 0 Å². The van der Waals surface area contributed by atoms with Crippen LogP contribution in [0.15, 0.2) is 22.6 Å². The van der Waals surface area contributed by atoms with E-state index in [9.17, 15) is 4.79 Å². The van der Waals surface area contributed by atoms with Crippen molar-refractivity contribution in [3.05, 3.63) is 29.0 Å². The van der Waals surface area contributed by atoms with Crippen LogP contribution in [0.25, 0.3) is 11.0 Å². The molecule has 0 saturated carbocycles. The Kier molecular flexibility index (Phi) is 2.98. The van der Waals surface area contributed by atoms with E-state index in [4.69, 9.17) is 25.9 Å². The number of carbonyl (C=O) groups is 1. The molecule has 0 amide bonds. The lowest BCUT2D eigenvalue weighted by atomic mass is 10.2. The molecule has 5 heteroatoms. The molecule has 17 heavy (non-hydrogen) atoms. The van der Waals surface area contributed by atoms with Gasteiger partial charge in [-0.05, 0) is 26.0 Å². The Labute approximate surface area is 103 Å². The minimum atomic E-state index is -1.11. The van der Waals surface area contributed by atoms with Crippen LogP contribution in [0.2, 0.25) is 5.02 Å².